The van der Waals surface area contributed by atoms with Gasteiger partial charge in [0.1, 0.15) is 48.9 Å². The summed E-state index contributed by atoms with van der Waals surface area (Å²) >= 11 is 6.59. The summed E-state index contributed by atoms with van der Waals surface area (Å²) < 4.78 is 17.3. The number of halogens is 1. The summed E-state index contributed by atoms with van der Waals surface area (Å²) in [6.45, 7) is 0.924. The lowest BCUT2D eigenvalue weighted by molar-refractivity contribution is -0.231. The Morgan fingerprint density at radius 3 is 2.52 bits per heavy atom. The van der Waals surface area contributed by atoms with Crippen LogP contribution in [0.2, 0.25) is 5.02 Å². The Labute approximate surface area is 237 Å². The molecular formula is C29H36ClNO9. The zero-order valence-corrected chi connectivity index (χ0v) is 22.7. The van der Waals surface area contributed by atoms with E-state index in [9.17, 15) is 30.3 Å². The molecule has 2 heterocycles. The molecule has 40 heavy (non-hydrogen) atoms. The molecule has 7 atom stereocenters. The van der Waals surface area contributed by atoms with Gasteiger partial charge in [-0.2, -0.15) is 0 Å². The molecule has 3 unspecified atom stereocenters. The lowest BCUT2D eigenvalue weighted by Gasteiger charge is -2.40. The van der Waals surface area contributed by atoms with E-state index in [1.54, 1.807) is 18.2 Å². The van der Waals surface area contributed by atoms with Crippen LogP contribution in [0.4, 0.5) is 0 Å². The summed E-state index contributed by atoms with van der Waals surface area (Å²) in [6, 6.07) is 10.3. The predicted octanol–water partition coefficient (Wildman–Crippen LogP) is 1.53. The minimum atomic E-state index is -1.49. The van der Waals surface area contributed by atoms with Crippen molar-refractivity contribution in [3.8, 4) is 5.75 Å². The molecule has 6 N–H and O–H groups in total. The third-order valence-electron chi connectivity index (χ3n) is 7.89. The van der Waals surface area contributed by atoms with Crippen LogP contribution in [-0.2, 0) is 20.7 Å². The Bertz CT molecular complexity index is 1190. The molecule has 2 aromatic rings. The van der Waals surface area contributed by atoms with Gasteiger partial charge in [0, 0.05) is 11.6 Å². The summed E-state index contributed by atoms with van der Waals surface area (Å²) in [5.74, 6) is -0.253. The molecule has 3 fully saturated rings. The van der Waals surface area contributed by atoms with E-state index >= 15 is 0 Å². The molecule has 1 aliphatic carbocycles. The second-order valence-corrected chi connectivity index (χ2v) is 11.2. The van der Waals surface area contributed by atoms with Crippen LogP contribution in [0.3, 0.4) is 0 Å². The fourth-order valence-electron chi connectivity index (χ4n) is 5.46. The largest absolute Gasteiger partial charge is 0.491 e. The quantitative estimate of drug-likeness (QED) is 0.216. The summed E-state index contributed by atoms with van der Waals surface area (Å²) in [6.07, 6.45) is -2.93. The SMILES string of the molecule is O=C(O)[C@@H]1CC(c2cc(OCCOC3CC3)ccc2Cc2cc(C3O[C@H](CO)[C@@H](O)[C@H](O)C3O)ccc2Cl)CN1. The van der Waals surface area contributed by atoms with Gasteiger partial charge in [-0.1, -0.05) is 29.8 Å². The van der Waals surface area contributed by atoms with E-state index in [4.69, 9.17) is 25.8 Å². The maximum atomic E-state index is 11.6. The number of hydrogen-bond donors (Lipinski definition) is 6. The number of benzene rings is 2. The van der Waals surface area contributed by atoms with Gasteiger partial charge in [-0.05, 0) is 72.1 Å². The van der Waals surface area contributed by atoms with Gasteiger partial charge in [-0.25, -0.2) is 0 Å². The molecule has 0 aromatic heterocycles. The van der Waals surface area contributed by atoms with Gasteiger partial charge in [0.05, 0.1) is 19.3 Å². The van der Waals surface area contributed by atoms with Gasteiger partial charge in [0.25, 0.3) is 0 Å². The molecule has 0 amide bonds. The summed E-state index contributed by atoms with van der Waals surface area (Å²) in [4.78, 5) is 11.6. The third kappa shape index (κ3) is 6.61. The van der Waals surface area contributed by atoms with E-state index in [1.807, 2.05) is 18.2 Å². The molecule has 5 rings (SSSR count). The maximum Gasteiger partial charge on any atom is 0.320 e. The van der Waals surface area contributed by atoms with E-state index in [1.165, 1.54) is 0 Å². The number of carboxylic acids is 1. The molecular weight excluding hydrogens is 542 g/mol. The molecule has 11 heteroatoms. The summed E-state index contributed by atoms with van der Waals surface area (Å²) in [7, 11) is 0. The average molecular weight is 578 g/mol. The Kier molecular flexibility index (Phi) is 9.28. The second-order valence-electron chi connectivity index (χ2n) is 10.8. The highest BCUT2D eigenvalue weighted by molar-refractivity contribution is 6.31. The van der Waals surface area contributed by atoms with E-state index < -0.39 is 49.1 Å². The lowest BCUT2D eigenvalue weighted by Crippen LogP contribution is -2.55. The van der Waals surface area contributed by atoms with Gasteiger partial charge in [-0.3, -0.25) is 4.79 Å². The molecule has 2 saturated heterocycles. The van der Waals surface area contributed by atoms with Crippen molar-refractivity contribution in [2.45, 2.75) is 74.3 Å². The first-order chi connectivity index (χ1) is 19.2. The Hall–Kier alpha value is -2.28. The maximum absolute atomic E-state index is 11.6. The Balaban J connectivity index is 1.38. The van der Waals surface area contributed by atoms with Crippen molar-refractivity contribution in [1.29, 1.82) is 0 Å². The molecule has 3 aliphatic rings. The lowest BCUT2D eigenvalue weighted by atomic mass is 9.87. The number of carboxylic acid groups (broad SMARTS) is 1. The number of rotatable bonds is 11. The molecule has 0 bridgehead atoms. The first kappa shape index (κ1) is 29.2. The second kappa shape index (κ2) is 12.7. The van der Waals surface area contributed by atoms with Crippen molar-refractivity contribution in [3.63, 3.8) is 0 Å². The van der Waals surface area contributed by atoms with Crippen LogP contribution in [0.25, 0.3) is 0 Å². The molecule has 0 radical (unpaired) electrons. The minimum absolute atomic E-state index is 0.0465. The standard InChI is InChI=1S/C29H36ClNO9/c30-22-6-2-16(28-27(35)26(34)25(33)24(14-32)40-28)10-17(22)9-15-1-3-20(39-8-7-38-19-4-5-19)12-21(15)18-11-23(29(36)37)31-13-18/h1-3,6,10,12,18-19,23-28,31-35H,4-5,7-9,11,13-14H2,(H,36,37)/t18?,23-,24+,25+,26-,27?,28?/m0/s1. The Morgan fingerprint density at radius 2 is 1.82 bits per heavy atom. The zero-order valence-electron chi connectivity index (χ0n) is 22.0. The highest BCUT2D eigenvalue weighted by Crippen LogP contribution is 2.37. The number of hydrogen-bond acceptors (Lipinski definition) is 9. The van der Waals surface area contributed by atoms with E-state index in [2.05, 4.69) is 5.32 Å². The van der Waals surface area contributed by atoms with Gasteiger partial charge < -0.3 is 45.1 Å². The normalized spacial score (nSPS) is 30.4. The highest BCUT2D eigenvalue weighted by atomic mass is 35.5. The van der Waals surface area contributed by atoms with Crippen molar-refractivity contribution < 1.29 is 44.5 Å². The predicted molar refractivity (Wildman–Crippen MR) is 145 cm³/mol. The molecule has 10 nitrogen and oxygen atoms in total. The number of nitrogens with one attached hydrogen (secondary N) is 1. The first-order valence-electron chi connectivity index (χ1n) is 13.7. The van der Waals surface area contributed by atoms with Gasteiger partial charge in [0.2, 0.25) is 0 Å². The average Bonchev–Trinajstić information content (AvgIpc) is 3.64. The smallest absolute Gasteiger partial charge is 0.320 e. The number of carbonyl (C=O) groups is 1. The van der Waals surface area contributed by atoms with Crippen molar-refractivity contribution in [3.05, 3.63) is 63.7 Å². The number of aliphatic hydroxyl groups is 4. The minimum Gasteiger partial charge on any atom is -0.491 e. The van der Waals surface area contributed by atoms with Crippen LogP contribution in [0.1, 0.15) is 53.5 Å². The van der Waals surface area contributed by atoms with Crippen LogP contribution in [0, 0.1) is 0 Å². The van der Waals surface area contributed by atoms with Crippen LogP contribution in [0.5, 0.6) is 5.75 Å². The third-order valence-corrected chi connectivity index (χ3v) is 8.26. The number of ether oxygens (including phenoxy) is 3. The summed E-state index contributed by atoms with van der Waals surface area (Å²) in [5, 5.41) is 53.7. The van der Waals surface area contributed by atoms with Gasteiger partial charge in [-0.15, -0.1) is 0 Å². The summed E-state index contributed by atoms with van der Waals surface area (Å²) in [5.41, 5.74) is 3.20. The monoisotopic (exact) mass is 577 g/mol. The van der Waals surface area contributed by atoms with E-state index in [-0.39, 0.29) is 5.92 Å². The molecule has 2 aromatic carbocycles. The van der Waals surface area contributed by atoms with E-state index in [0.717, 1.165) is 29.5 Å². The van der Waals surface area contributed by atoms with Crippen LogP contribution >= 0.6 is 11.6 Å². The highest BCUT2D eigenvalue weighted by Gasteiger charge is 2.44. The molecule has 0 spiro atoms. The van der Waals surface area contributed by atoms with Crippen molar-refractivity contribution in [2.75, 3.05) is 26.4 Å². The molecule has 1 saturated carbocycles. The first-order valence-corrected chi connectivity index (χ1v) is 14.0. The van der Waals surface area contributed by atoms with E-state index in [0.29, 0.717) is 55.0 Å². The van der Waals surface area contributed by atoms with Crippen LogP contribution < -0.4 is 10.1 Å². The molecule has 218 valence electrons. The van der Waals surface area contributed by atoms with Crippen LogP contribution in [0.15, 0.2) is 36.4 Å². The van der Waals surface area contributed by atoms with Gasteiger partial charge in [0.15, 0.2) is 0 Å². The van der Waals surface area contributed by atoms with Crippen molar-refractivity contribution >= 4 is 17.6 Å². The topological polar surface area (TPSA) is 158 Å². The van der Waals surface area contributed by atoms with Gasteiger partial charge >= 0.3 is 5.97 Å². The number of aliphatic carboxylic acids is 1. The zero-order chi connectivity index (χ0) is 28.4. The fraction of sp³-hybridized carbons (Fsp3) is 0.552. The fourth-order valence-corrected chi connectivity index (χ4v) is 5.65. The number of aliphatic hydroxyl groups excluding tert-OH is 4. The van der Waals surface area contributed by atoms with Crippen LogP contribution in [-0.4, -0.2) is 94.4 Å². The van der Waals surface area contributed by atoms with Crippen molar-refractivity contribution in [1.82, 2.24) is 5.32 Å². The van der Waals surface area contributed by atoms with Crippen molar-refractivity contribution in [2.24, 2.45) is 0 Å². The Morgan fingerprint density at radius 1 is 1.02 bits per heavy atom. The molecule has 2 aliphatic heterocycles.